The zero-order valence-corrected chi connectivity index (χ0v) is 18.5. The number of nitrogens with zero attached hydrogens (tertiary/aromatic N) is 2. The summed E-state index contributed by atoms with van der Waals surface area (Å²) in [5.41, 5.74) is 1.16. The van der Waals surface area contributed by atoms with Crippen molar-refractivity contribution in [3.05, 3.63) is 35.9 Å². The molecule has 0 bridgehead atoms. The molecule has 7 heteroatoms. The van der Waals surface area contributed by atoms with E-state index >= 15 is 0 Å². The van der Waals surface area contributed by atoms with Crippen molar-refractivity contribution in [1.82, 2.24) is 9.21 Å². The van der Waals surface area contributed by atoms with Crippen LogP contribution in [-0.4, -0.2) is 68.9 Å². The lowest BCUT2D eigenvalue weighted by atomic mass is 9.96. The van der Waals surface area contributed by atoms with Crippen LogP contribution in [0.1, 0.15) is 38.7 Å². The number of halogens is 1. The molecule has 1 aromatic carbocycles. The summed E-state index contributed by atoms with van der Waals surface area (Å²) in [4.78, 5) is 2.20. The van der Waals surface area contributed by atoms with Crippen LogP contribution in [0.15, 0.2) is 30.3 Å². The Balaban J connectivity index is 1.45. The minimum absolute atomic E-state index is 0.435. The number of likely N-dealkylation sites (tertiary alicyclic amines) is 1. The first-order valence-corrected chi connectivity index (χ1v) is 12.2. The molecule has 0 unspecified atom stereocenters. The van der Waals surface area contributed by atoms with E-state index in [1.165, 1.54) is 16.1 Å². The molecule has 3 rings (SSSR count). The van der Waals surface area contributed by atoms with E-state index in [-0.39, 0.29) is 0 Å². The van der Waals surface area contributed by atoms with Crippen molar-refractivity contribution in [2.24, 2.45) is 5.92 Å². The first kappa shape index (κ1) is 22.2. The monoisotopic (exact) mass is 424 g/mol. The van der Waals surface area contributed by atoms with Crippen molar-refractivity contribution in [1.29, 1.82) is 0 Å². The number of benzene rings is 1. The van der Waals surface area contributed by atoms with Crippen LogP contribution in [0.25, 0.3) is 5.57 Å². The predicted molar refractivity (Wildman–Crippen MR) is 115 cm³/mol. The number of ether oxygens (including phenoxy) is 1. The molecule has 2 heterocycles. The van der Waals surface area contributed by atoms with E-state index in [0.29, 0.717) is 32.2 Å². The Morgan fingerprint density at radius 2 is 1.79 bits per heavy atom. The van der Waals surface area contributed by atoms with Crippen LogP contribution < -0.4 is 4.74 Å². The molecule has 162 valence electrons. The van der Waals surface area contributed by atoms with Crippen LogP contribution in [0.5, 0.6) is 5.75 Å². The highest BCUT2D eigenvalue weighted by atomic mass is 32.2. The molecule has 1 saturated heterocycles. The highest BCUT2D eigenvalue weighted by molar-refractivity contribution is 7.88. The molecule has 1 aromatic rings. The van der Waals surface area contributed by atoms with Crippen molar-refractivity contribution in [3.63, 3.8) is 0 Å². The molecule has 0 radical (unpaired) electrons. The smallest absolute Gasteiger partial charge is 0.211 e. The maximum atomic E-state index is 13.8. The van der Waals surface area contributed by atoms with Crippen LogP contribution in [0, 0.1) is 5.92 Å². The van der Waals surface area contributed by atoms with Gasteiger partial charge in [-0.15, -0.1) is 0 Å². The minimum Gasteiger partial charge on any atom is -0.493 e. The van der Waals surface area contributed by atoms with Gasteiger partial charge in [0.25, 0.3) is 0 Å². The summed E-state index contributed by atoms with van der Waals surface area (Å²) in [5, 5.41) is 0. The number of rotatable bonds is 7. The normalized spacial score (nSPS) is 20.5. The number of alkyl halides is 1. The van der Waals surface area contributed by atoms with Crippen molar-refractivity contribution >= 4 is 15.6 Å². The van der Waals surface area contributed by atoms with Gasteiger partial charge in [-0.05, 0) is 75.4 Å². The third-order valence-corrected chi connectivity index (χ3v) is 6.93. The molecule has 0 amide bonds. The van der Waals surface area contributed by atoms with Gasteiger partial charge in [0, 0.05) is 19.6 Å². The molecule has 2 aliphatic heterocycles. The zero-order chi connectivity index (χ0) is 21.1. The number of piperidine rings is 1. The van der Waals surface area contributed by atoms with Crippen molar-refractivity contribution in [3.8, 4) is 5.75 Å². The molecule has 0 aromatic heterocycles. The van der Waals surface area contributed by atoms with Crippen LogP contribution in [0.3, 0.4) is 0 Å². The summed E-state index contributed by atoms with van der Waals surface area (Å²) in [7, 11) is -3.12. The largest absolute Gasteiger partial charge is 0.493 e. The minimum atomic E-state index is -3.12. The second-order valence-corrected chi connectivity index (χ2v) is 10.9. The quantitative estimate of drug-likeness (QED) is 0.671. The second-order valence-electron chi connectivity index (χ2n) is 8.87. The molecule has 0 saturated carbocycles. The Hall–Kier alpha value is -1.44. The average molecular weight is 425 g/mol. The van der Waals surface area contributed by atoms with Crippen molar-refractivity contribution < 1.29 is 17.5 Å². The molecule has 0 spiro atoms. The summed E-state index contributed by atoms with van der Waals surface area (Å²) in [5.74, 6) is 1.37. The third kappa shape index (κ3) is 6.79. The first-order chi connectivity index (χ1) is 13.6. The molecule has 2 aliphatic rings. The standard InChI is InChI=1S/C22H33FN2O3S/c1-22(2,23)17-24-12-8-18(9-13-24)16-28-21-6-4-19(5-7-21)20-10-14-25(15-11-20)29(3,26)27/h4-7,10,18H,8-9,11-17H2,1-3H3. The number of sulfonamides is 1. The fourth-order valence-electron chi connectivity index (χ4n) is 4.04. The van der Waals surface area contributed by atoms with Crippen LogP contribution >= 0.6 is 0 Å². The maximum Gasteiger partial charge on any atom is 0.211 e. The lowest BCUT2D eigenvalue weighted by Gasteiger charge is -2.34. The molecule has 0 atom stereocenters. The van der Waals surface area contributed by atoms with Crippen molar-refractivity contribution in [2.75, 3.05) is 45.6 Å². The molecule has 1 fully saturated rings. The van der Waals surface area contributed by atoms with Gasteiger partial charge in [0.2, 0.25) is 10.0 Å². The Labute approximate surface area is 174 Å². The van der Waals surface area contributed by atoms with Gasteiger partial charge in [0.05, 0.1) is 12.9 Å². The van der Waals surface area contributed by atoms with E-state index in [1.54, 1.807) is 13.8 Å². The fourth-order valence-corrected chi connectivity index (χ4v) is 4.80. The van der Waals surface area contributed by atoms with E-state index < -0.39 is 15.7 Å². The van der Waals surface area contributed by atoms with Gasteiger partial charge in [0.1, 0.15) is 11.4 Å². The maximum absolute atomic E-state index is 13.8. The van der Waals surface area contributed by atoms with Gasteiger partial charge in [-0.2, -0.15) is 4.31 Å². The van der Waals surface area contributed by atoms with Gasteiger partial charge in [-0.25, -0.2) is 12.8 Å². The summed E-state index contributed by atoms with van der Waals surface area (Å²) < 4.78 is 44.5. The molecule has 0 aliphatic carbocycles. The van der Waals surface area contributed by atoms with Crippen LogP contribution in [0.4, 0.5) is 4.39 Å². The van der Waals surface area contributed by atoms with Crippen LogP contribution in [-0.2, 0) is 10.0 Å². The van der Waals surface area contributed by atoms with Crippen molar-refractivity contribution in [2.45, 2.75) is 38.8 Å². The SMILES string of the molecule is CC(C)(F)CN1CCC(COc2ccc(C3=CCN(S(C)(=O)=O)CC3)cc2)CC1. The summed E-state index contributed by atoms with van der Waals surface area (Å²) in [6.07, 6.45) is 6.05. The number of hydrogen-bond acceptors (Lipinski definition) is 4. The van der Waals surface area contributed by atoms with Gasteiger partial charge in [0.15, 0.2) is 0 Å². The van der Waals surface area contributed by atoms with Crippen LogP contribution in [0.2, 0.25) is 0 Å². The van der Waals surface area contributed by atoms with E-state index in [2.05, 4.69) is 4.90 Å². The lowest BCUT2D eigenvalue weighted by molar-refractivity contribution is 0.0836. The Bertz CT molecular complexity index is 807. The Morgan fingerprint density at radius 3 is 2.31 bits per heavy atom. The predicted octanol–water partition coefficient (Wildman–Crippen LogP) is 3.57. The molecular formula is C22H33FN2O3S. The summed E-state index contributed by atoms with van der Waals surface area (Å²) in [6, 6.07) is 8.06. The third-order valence-electron chi connectivity index (χ3n) is 5.66. The highest BCUT2D eigenvalue weighted by Crippen LogP contribution is 2.26. The second kappa shape index (κ2) is 9.14. The van der Waals surface area contributed by atoms with E-state index in [4.69, 9.17) is 4.74 Å². The first-order valence-electron chi connectivity index (χ1n) is 10.4. The molecule has 0 N–H and O–H groups in total. The van der Waals surface area contributed by atoms with Gasteiger partial charge >= 0.3 is 0 Å². The summed E-state index contributed by atoms with van der Waals surface area (Å²) >= 11 is 0. The molecular weight excluding hydrogens is 391 g/mol. The van der Waals surface area contributed by atoms with E-state index in [1.807, 2.05) is 30.3 Å². The van der Waals surface area contributed by atoms with E-state index in [9.17, 15) is 12.8 Å². The highest BCUT2D eigenvalue weighted by Gasteiger charge is 2.25. The zero-order valence-electron chi connectivity index (χ0n) is 17.7. The molecule has 29 heavy (non-hydrogen) atoms. The fraction of sp³-hybridized carbons (Fsp3) is 0.636. The van der Waals surface area contributed by atoms with Gasteiger partial charge in [-0.1, -0.05) is 18.2 Å². The lowest BCUT2D eigenvalue weighted by Crippen LogP contribution is -2.41. The topological polar surface area (TPSA) is 49.9 Å². The van der Waals surface area contributed by atoms with Gasteiger partial charge < -0.3 is 9.64 Å². The molecule has 5 nitrogen and oxygen atoms in total. The Morgan fingerprint density at radius 1 is 1.14 bits per heavy atom. The number of hydrogen-bond donors (Lipinski definition) is 0. The summed E-state index contributed by atoms with van der Waals surface area (Å²) in [6.45, 7) is 7.29. The van der Waals surface area contributed by atoms with E-state index in [0.717, 1.165) is 43.7 Å². The Kier molecular flexibility index (Phi) is 7.02. The van der Waals surface area contributed by atoms with Gasteiger partial charge in [-0.3, -0.25) is 0 Å². The average Bonchev–Trinajstić information content (AvgIpc) is 2.66.